The van der Waals surface area contributed by atoms with E-state index in [2.05, 4.69) is 9.71 Å². The number of nitrogens with zero attached hydrogens (tertiary/aromatic N) is 1. The van der Waals surface area contributed by atoms with Gasteiger partial charge in [-0.1, -0.05) is 0 Å². The molecule has 0 saturated carbocycles. The Balaban J connectivity index is 2.30. The molecule has 0 fully saturated rings. The van der Waals surface area contributed by atoms with Crippen LogP contribution in [0, 0.1) is 6.92 Å². The molecule has 2 aromatic heterocycles. The summed E-state index contributed by atoms with van der Waals surface area (Å²) in [5, 5.41) is 13.5. The second kappa shape index (κ2) is 5.68. The second-order valence-electron chi connectivity index (χ2n) is 4.04. The van der Waals surface area contributed by atoms with Gasteiger partial charge in [-0.15, -0.1) is 22.7 Å². The lowest BCUT2D eigenvalue weighted by Gasteiger charge is -2.12. The number of thiophene rings is 1. The summed E-state index contributed by atoms with van der Waals surface area (Å²) >= 11 is 2.64. The lowest BCUT2D eigenvalue weighted by molar-refractivity contribution is 0.282. The Bertz CT molecular complexity index is 647. The molecular weight excluding hydrogens is 304 g/mol. The number of aryl methyl sites for hydroxylation is 1. The molecule has 104 valence electrons. The van der Waals surface area contributed by atoms with Crippen molar-refractivity contribution in [1.82, 2.24) is 9.71 Å². The summed E-state index contributed by atoms with van der Waals surface area (Å²) < 4.78 is 27.3. The van der Waals surface area contributed by atoms with Crippen molar-refractivity contribution >= 4 is 32.7 Å². The summed E-state index contributed by atoms with van der Waals surface area (Å²) in [6.07, 6.45) is 1.64. The molecule has 0 aliphatic carbocycles. The Kier molecular flexibility index (Phi) is 4.36. The molecule has 8 heteroatoms. The van der Waals surface area contributed by atoms with E-state index in [0.717, 1.165) is 0 Å². The van der Waals surface area contributed by atoms with Crippen LogP contribution in [0.15, 0.2) is 21.9 Å². The van der Waals surface area contributed by atoms with E-state index in [1.165, 1.54) is 22.7 Å². The van der Waals surface area contributed by atoms with Crippen LogP contribution in [-0.2, 0) is 16.6 Å². The van der Waals surface area contributed by atoms with Crippen molar-refractivity contribution in [3.05, 3.63) is 32.4 Å². The van der Waals surface area contributed by atoms with E-state index in [9.17, 15) is 13.5 Å². The first kappa shape index (κ1) is 14.6. The van der Waals surface area contributed by atoms with E-state index < -0.39 is 16.1 Å². The number of thiazole rings is 1. The SMILES string of the molecule is Cc1csc(CO)c1S(=O)(=O)NC(C)c1nccs1. The van der Waals surface area contributed by atoms with Gasteiger partial charge in [-0.3, -0.25) is 0 Å². The Morgan fingerprint density at radius 2 is 2.21 bits per heavy atom. The maximum absolute atomic E-state index is 12.4. The Labute approximate surface area is 120 Å². The van der Waals surface area contributed by atoms with Crippen LogP contribution in [0.1, 0.15) is 28.4 Å². The zero-order valence-electron chi connectivity index (χ0n) is 10.5. The number of hydrogen-bond donors (Lipinski definition) is 2. The summed E-state index contributed by atoms with van der Waals surface area (Å²) in [4.78, 5) is 4.73. The van der Waals surface area contributed by atoms with Crippen molar-refractivity contribution in [3.63, 3.8) is 0 Å². The molecular formula is C11H14N2O3S3. The summed E-state index contributed by atoms with van der Waals surface area (Å²) in [5.41, 5.74) is 0.646. The van der Waals surface area contributed by atoms with Crippen LogP contribution in [0.2, 0.25) is 0 Å². The molecule has 0 amide bonds. The fourth-order valence-electron chi connectivity index (χ4n) is 1.75. The number of aliphatic hydroxyl groups is 1. The van der Waals surface area contributed by atoms with E-state index in [-0.39, 0.29) is 11.5 Å². The summed E-state index contributed by atoms with van der Waals surface area (Å²) in [6, 6.07) is -0.393. The largest absolute Gasteiger partial charge is 0.391 e. The molecule has 0 spiro atoms. The average molecular weight is 318 g/mol. The molecule has 5 nitrogen and oxygen atoms in total. The molecule has 2 N–H and O–H groups in total. The maximum atomic E-state index is 12.4. The number of nitrogens with one attached hydrogen (secondary N) is 1. The van der Waals surface area contributed by atoms with Gasteiger partial charge in [0.05, 0.1) is 17.5 Å². The highest BCUT2D eigenvalue weighted by molar-refractivity contribution is 7.89. The van der Waals surface area contributed by atoms with Gasteiger partial charge in [-0.05, 0) is 24.8 Å². The minimum Gasteiger partial charge on any atom is -0.391 e. The Morgan fingerprint density at radius 3 is 2.79 bits per heavy atom. The standard InChI is InChI=1S/C11H14N2O3S3/c1-7-6-18-9(5-14)10(7)19(15,16)13-8(2)11-12-3-4-17-11/h3-4,6,8,13-14H,5H2,1-2H3. The lowest BCUT2D eigenvalue weighted by Crippen LogP contribution is -2.27. The van der Waals surface area contributed by atoms with Gasteiger partial charge in [0, 0.05) is 11.6 Å². The molecule has 0 aromatic carbocycles. The van der Waals surface area contributed by atoms with Crippen LogP contribution in [-0.4, -0.2) is 18.5 Å². The van der Waals surface area contributed by atoms with E-state index in [4.69, 9.17) is 0 Å². The fourth-order valence-corrected chi connectivity index (χ4v) is 5.34. The fraction of sp³-hybridized carbons (Fsp3) is 0.364. The third-order valence-corrected chi connectivity index (χ3v) is 6.50. The van der Waals surface area contributed by atoms with Gasteiger partial charge in [-0.2, -0.15) is 0 Å². The van der Waals surface area contributed by atoms with Gasteiger partial charge in [0.2, 0.25) is 10.0 Å². The van der Waals surface area contributed by atoms with Crippen LogP contribution >= 0.6 is 22.7 Å². The molecule has 0 aliphatic heterocycles. The number of aromatic nitrogens is 1. The second-order valence-corrected chi connectivity index (χ2v) is 7.58. The quantitative estimate of drug-likeness (QED) is 0.884. The third-order valence-electron chi connectivity index (χ3n) is 2.56. The molecule has 0 bridgehead atoms. The zero-order valence-corrected chi connectivity index (χ0v) is 12.9. The van der Waals surface area contributed by atoms with Crippen molar-refractivity contribution < 1.29 is 13.5 Å². The minimum atomic E-state index is -3.65. The molecule has 0 aliphatic rings. The minimum absolute atomic E-state index is 0.184. The molecule has 0 saturated heterocycles. The van der Waals surface area contributed by atoms with E-state index >= 15 is 0 Å². The van der Waals surface area contributed by atoms with E-state index in [0.29, 0.717) is 15.4 Å². The van der Waals surface area contributed by atoms with Gasteiger partial charge < -0.3 is 5.11 Å². The zero-order chi connectivity index (χ0) is 14.0. The van der Waals surface area contributed by atoms with Crippen molar-refractivity contribution in [1.29, 1.82) is 0 Å². The maximum Gasteiger partial charge on any atom is 0.242 e. The van der Waals surface area contributed by atoms with Crippen LogP contribution in [0.25, 0.3) is 0 Å². The third kappa shape index (κ3) is 3.03. The number of hydrogen-bond acceptors (Lipinski definition) is 6. The number of rotatable bonds is 5. The molecule has 2 rings (SSSR count). The van der Waals surface area contributed by atoms with Crippen LogP contribution in [0.5, 0.6) is 0 Å². The highest BCUT2D eigenvalue weighted by Gasteiger charge is 2.25. The molecule has 0 radical (unpaired) electrons. The highest BCUT2D eigenvalue weighted by Crippen LogP contribution is 2.28. The van der Waals surface area contributed by atoms with Crippen LogP contribution in [0.4, 0.5) is 0 Å². The Morgan fingerprint density at radius 1 is 1.47 bits per heavy atom. The van der Waals surface area contributed by atoms with Gasteiger partial charge >= 0.3 is 0 Å². The topological polar surface area (TPSA) is 79.3 Å². The first-order chi connectivity index (χ1) is 8.95. The smallest absolute Gasteiger partial charge is 0.242 e. The van der Waals surface area contributed by atoms with Gasteiger partial charge in [0.25, 0.3) is 0 Å². The summed E-state index contributed by atoms with van der Waals surface area (Å²) in [5.74, 6) is 0. The van der Waals surface area contributed by atoms with Crippen LogP contribution in [0.3, 0.4) is 0 Å². The predicted octanol–water partition coefficient (Wildman–Crippen LogP) is 2.04. The van der Waals surface area contributed by atoms with Gasteiger partial charge in [0.15, 0.2) is 0 Å². The monoisotopic (exact) mass is 318 g/mol. The van der Waals surface area contributed by atoms with Gasteiger partial charge in [0.1, 0.15) is 9.90 Å². The predicted molar refractivity (Wildman–Crippen MR) is 75.8 cm³/mol. The molecule has 1 atom stereocenters. The van der Waals surface area contributed by atoms with Gasteiger partial charge in [-0.25, -0.2) is 18.1 Å². The van der Waals surface area contributed by atoms with E-state index in [1.54, 1.807) is 30.8 Å². The van der Waals surface area contributed by atoms with Crippen molar-refractivity contribution in [3.8, 4) is 0 Å². The molecule has 2 aromatic rings. The summed E-state index contributed by atoms with van der Waals surface area (Å²) in [6.45, 7) is 3.19. The molecule has 2 heterocycles. The van der Waals surface area contributed by atoms with Crippen LogP contribution < -0.4 is 4.72 Å². The number of sulfonamides is 1. The first-order valence-corrected chi connectivity index (χ1v) is 8.79. The normalized spacial score (nSPS) is 13.6. The van der Waals surface area contributed by atoms with E-state index in [1.807, 2.05) is 0 Å². The highest BCUT2D eigenvalue weighted by atomic mass is 32.2. The first-order valence-electron chi connectivity index (χ1n) is 5.55. The van der Waals surface area contributed by atoms with Crippen molar-refractivity contribution in [2.75, 3.05) is 0 Å². The molecule has 1 unspecified atom stereocenters. The van der Waals surface area contributed by atoms with Crippen molar-refractivity contribution in [2.24, 2.45) is 0 Å². The molecule has 19 heavy (non-hydrogen) atoms. The average Bonchev–Trinajstić information content (AvgIpc) is 2.96. The lowest BCUT2D eigenvalue weighted by atomic mass is 10.3. The van der Waals surface area contributed by atoms with Crippen molar-refractivity contribution in [2.45, 2.75) is 31.4 Å². The Hall–Kier alpha value is -0.800. The summed E-state index contributed by atoms with van der Waals surface area (Å²) in [7, 11) is -3.65. The number of aliphatic hydroxyl groups excluding tert-OH is 1.